The van der Waals surface area contributed by atoms with Gasteiger partial charge in [0.1, 0.15) is 6.61 Å². The zero-order valence-electron chi connectivity index (χ0n) is 7.57. The summed E-state index contributed by atoms with van der Waals surface area (Å²) in [5.41, 5.74) is 6.11. The van der Waals surface area contributed by atoms with Crippen molar-refractivity contribution in [2.24, 2.45) is 5.73 Å². The second-order valence-corrected chi connectivity index (χ2v) is 2.74. The number of halogens is 2. The minimum Gasteiger partial charge on any atom is -0.366 e. The molecule has 1 heterocycles. The third kappa shape index (κ3) is 3.35. The molecule has 5 heteroatoms. The van der Waals surface area contributed by atoms with Crippen LogP contribution in [0.5, 0.6) is 0 Å². The first kappa shape index (κ1) is 11.0. The lowest BCUT2D eigenvalue weighted by Gasteiger charge is -2.15. The second kappa shape index (κ2) is 5.62. The monoisotopic (exact) mass is 202 g/mol. The fourth-order valence-electron chi connectivity index (χ4n) is 1.06. The summed E-state index contributed by atoms with van der Waals surface area (Å²) in [6.45, 7) is -0.435. The van der Waals surface area contributed by atoms with Crippen LogP contribution in [0.25, 0.3) is 0 Å². The molecule has 0 spiro atoms. The minimum atomic E-state index is -2.47. The lowest BCUT2D eigenvalue weighted by Crippen LogP contribution is -2.18. The van der Waals surface area contributed by atoms with E-state index < -0.39 is 19.1 Å². The molecule has 0 saturated heterocycles. The Balaban J connectivity index is 2.54. The maximum atomic E-state index is 11.9. The van der Waals surface area contributed by atoms with E-state index in [4.69, 9.17) is 10.5 Å². The van der Waals surface area contributed by atoms with Crippen molar-refractivity contribution < 1.29 is 13.5 Å². The molecule has 0 amide bonds. The number of hydrogen-bond donors (Lipinski definition) is 1. The van der Waals surface area contributed by atoms with Gasteiger partial charge in [-0.25, -0.2) is 8.78 Å². The van der Waals surface area contributed by atoms with Crippen molar-refractivity contribution in [2.75, 3.05) is 13.2 Å². The second-order valence-electron chi connectivity index (χ2n) is 2.74. The van der Waals surface area contributed by atoms with Crippen LogP contribution in [-0.4, -0.2) is 24.6 Å². The highest BCUT2D eigenvalue weighted by molar-refractivity contribution is 5.12. The van der Waals surface area contributed by atoms with Crippen LogP contribution in [0.15, 0.2) is 24.5 Å². The lowest BCUT2D eigenvalue weighted by molar-refractivity contribution is -0.0218. The maximum Gasteiger partial charge on any atom is 0.261 e. The molecule has 3 nitrogen and oxygen atoms in total. The fourth-order valence-corrected chi connectivity index (χ4v) is 1.06. The number of rotatable bonds is 5. The van der Waals surface area contributed by atoms with E-state index in [9.17, 15) is 8.78 Å². The van der Waals surface area contributed by atoms with Gasteiger partial charge in [0.05, 0.1) is 6.10 Å². The number of hydrogen-bond acceptors (Lipinski definition) is 3. The molecule has 0 saturated carbocycles. The van der Waals surface area contributed by atoms with Crippen LogP contribution >= 0.6 is 0 Å². The van der Waals surface area contributed by atoms with E-state index in [1.165, 1.54) is 0 Å². The number of nitrogens with zero attached hydrogens (tertiary/aromatic N) is 1. The number of pyridine rings is 1. The summed E-state index contributed by atoms with van der Waals surface area (Å²) in [7, 11) is 0. The highest BCUT2D eigenvalue weighted by Gasteiger charge is 2.12. The Morgan fingerprint density at radius 2 is 2.29 bits per heavy atom. The molecule has 0 aliphatic carbocycles. The highest BCUT2D eigenvalue weighted by atomic mass is 19.3. The Labute approximate surface area is 80.9 Å². The molecule has 1 aromatic rings. The number of aromatic nitrogens is 1. The van der Waals surface area contributed by atoms with Crippen molar-refractivity contribution >= 4 is 0 Å². The average Bonchev–Trinajstić information content (AvgIpc) is 2.20. The Kier molecular flexibility index (Phi) is 4.42. The fraction of sp³-hybridized carbons (Fsp3) is 0.444. The summed E-state index contributed by atoms with van der Waals surface area (Å²) >= 11 is 0. The number of alkyl halides is 2. The van der Waals surface area contributed by atoms with Gasteiger partial charge in [-0.1, -0.05) is 6.07 Å². The molecule has 0 aliphatic rings. The van der Waals surface area contributed by atoms with Gasteiger partial charge in [-0.2, -0.15) is 0 Å². The zero-order valence-corrected chi connectivity index (χ0v) is 7.57. The molecule has 1 unspecified atom stereocenters. The van der Waals surface area contributed by atoms with Crippen molar-refractivity contribution in [3.63, 3.8) is 0 Å². The molecule has 78 valence electrons. The van der Waals surface area contributed by atoms with E-state index in [-0.39, 0.29) is 6.54 Å². The Bertz CT molecular complexity index is 256. The van der Waals surface area contributed by atoms with Gasteiger partial charge in [0, 0.05) is 24.5 Å². The summed E-state index contributed by atoms with van der Waals surface area (Å²) in [5.74, 6) is 0. The molecule has 0 aromatic carbocycles. The molecule has 0 fully saturated rings. The minimum absolute atomic E-state index is 0.165. The third-order valence-corrected chi connectivity index (χ3v) is 1.69. The molecule has 1 aromatic heterocycles. The highest BCUT2D eigenvalue weighted by Crippen LogP contribution is 2.15. The van der Waals surface area contributed by atoms with Crippen LogP contribution in [0.4, 0.5) is 8.78 Å². The molecule has 14 heavy (non-hydrogen) atoms. The summed E-state index contributed by atoms with van der Waals surface area (Å²) in [5, 5.41) is 0. The van der Waals surface area contributed by atoms with Gasteiger partial charge in [-0.15, -0.1) is 0 Å². The summed E-state index contributed by atoms with van der Waals surface area (Å²) in [4.78, 5) is 3.86. The van der Waals surface area contributed by atoms with Gasteiger partial charge >= 0.3 is 0 Å². The van der Waals surface area contributed by atoms with E-state index >= 15 is 0 Å². The van der Waals surface area contributed by atoms with Crippen LogP contribution in [0.2, 0.25) is 0 Å². The maximum absolute atomic E-state index is 11.9. The Hall–Kier alpha value is -1.07. The first-order valence-corrected chi connectivity index (χ1v) is 4.23. The smallest absolute Gasteiger partial charge is 0.261 e. The van der Waals surface area contributed by atoms with E-state index in [0.717, 1.165) is 5.56 Å². The van der Waals surface area contributed by atoms with Gasteiger partial charge in [-0.3, -0.25) is 4.98 Å². The van der Waals surface area contributed by atoms with E-state index in [0.29, 0.717) is 0 Å². The van der Waals surface area contributed by atoms with Gasteiger partial charge in [-0.05, 0) is 6.07 Å². The molecular formula is C9H12F2N2O. The Morgan fingerprint density at radius 3 is 2.79 bits per heavy atom. The van der Waals surface area contributed by atoms with Crippen LogP contribution in [0, 0.1) is 0 Å². The largest absolute Gasteiger partial charge is 0.366 e. The van der Waals surface area contributed by atoms with Crippen molar-refractivity contribution in [3.8, 4) is 0 Å². The SMILES string of the molecule is NCC(OCC(F)F)c1cccnc1. The third-order valence-electron chi connectivity index (χ3n) is 1.69. The van der Waals surface area contributed by atoms with Crippen molar-refractivity contribution in [3.05, 3.63) is 30.1 Å². The summed E-state index contributed by atoms with van der Waals surface area (Å²) in [6.07, 6.45) is 0.186. The van der Waals surface area contributed by atoms with E-state index in [1.54, 1.807) is 24.5 Å². The van der Waals surface area contributed by atoms with Crippen molar-refractivity contribution in [2.45, 2.75) is 12.5 Å². The molecule has 2 N–H and O–H groups in total. The lowest BCUT2D eigenvalue weighted by atomic mass is 10.2. The normalized spacial score (nSPS) is 13.1. The molecular weight excluding hydrogens is 190 g/mol. The van der Waals surface area contributed by atoms with Crippen LogP contribution in [0.1, 0.15) is 11.7 Å². The van der Waals surface area contributed by atoms with Crippen LogP contribution < -0.4 is 5.73 Å². The van der Waals surface area contributed by atoms with Crippen LogP contribution in [-0.2, 0) is 4.74 Å². The van der Waals surface area contributed by atoms with Crippen molar-refractivity contribution in [1.82, 2.24) is 4.98 Å². The van der Waals surface area contributed by atoms with Gasteiger partial charge in [0.2, 0.25) is 0 Å². The predicted octanol–water partition coefficient (Wildman–Crippen LogP) is 1.36. The molecule has 0 aliphatic heterocycles. The average molecular weight is 202 g/mol. The first-order valence-electron chi connectivity index (χ1n) is 4.23. The van der Waals surface area contributed by atoms with Crippen LogP contribution in [0.3, 0.4) is 0 Å². The molecule has 0 radical (unpaired) electrons. The van der Waals surface area contributed by atoms with Crippen molar-refractivity contribution in [1.29, 1.82) is 0 Å². The predicted molar refractivity (Wildman–Crippen MR) is 48.0 cm³/mol. The Morgan fingerprint density at radius 1 is 1.50 bits per heavy atom. The molecule has 0 bridgehead atoms. The zero-order chi connectivity index (χ0) is 10.4. The first-order chi connectivity index (χ1) is 6.74. The van der Waals surface area contributed by atoms with Gasteiger partial charge < -0.3 is 10.5 Å². The quantitative estimate of drug-likeness (QED) is 0.784. The summed E-state index contributed by atoms with van der Waals surface area (Å²) in [6, 6.07) is 3.46. The van der Waals surface area contributed by atoms with E-state index in [1.807, 2.05) is 0 Å². The van der Waals surface area contributed by atoms with Gasteiger partial charge in [0.25, 0.3) is 6.43 Å². The van der Waals surface area contributed by atoms with E-state index in [2.05, 4.69) is 4.98 Å². The molecule has 1 rings (SSSR count). The molecule has 1 atom stereocenters. The number of ether oxygens (including phenoxy) is 1. The topological polar surface area (TPSA) is 48.1 Å². The summed E-state index contributed by atoms with van der Waals surface area (Å²) < 4.78 is 28.7. The number of nitrogens with two attached hydrogens (primary N) is 1. The van der Waals surface area contributed by atoms with Gasteiger partial charge in [0.15, 0.2) is 0 Å². The standard InChI is InChI=1S/C9H12F2N2O/c10-9(11)6-14-8(4-12)7-2-1-3-13-5-7/h1-3,5,8-9H,4,6,12H2.